The van der Waals surface area contributed by atoms with Gasteiger partial charge >= 0.3 is 0 Å². The van der Waals surface area contributed by atoms with Gasteiger partial charge in [0, 0.05) is 37.3 Å². The summed E-state index contributed by atoms with van der Waals surface area (Å²) in [5.41, 5.74) is -0.633. The number of aromatic nitrogens is 1. The van der Waals surface area contributed by atoms with E-state index in [1.807, 2.05) is 6.92 Å². The van der Waals surface area contributed by atoms with Crippen LogP contribution in [0.25, 0.3) is 11.0 Å². The van der Waals surface area contributed by atoms with Gasteiger partial charge in [0.1, 0.15) is 0 Å². The van der Waals surface area contributed by atoms with Gasteiger partial charge < -0.3 is 8.98 Å². The summed E-state index contributed by atoms with van der Waals surface area (Å²) in [6, 6.07) is 8.62. The summed E-state index contributed by atoms with van der Waals surface area (Å²) in [5, 5.41) is 11.9. The van der Waals surface area contributed by atoms with Gasteiger partial charge in [-0.3, -0.25) is 14.9 Å². The van der Waals surface area contributed by atoms with Crippen LogP contribution in [0, 0.1) is 10.1 Å². The van der Waals surface area contributed by atoms with E-state index in [0.717, 1.165) is 10.4 Å². The number of nitrogens with zero attached hydrogens (tertiary/aromatic N) is 3. The standard InChI is InChI=1S/C18H19N3O6S/c1-2-9-20(28(25,26)16-6-4-3-5-15(16)21(23)24)12-11-19-10-7-14-8-13-27-17(14)18(19)22/h3-8,10,13H,2,9,11-12H2,1H3. The highest BCUT2D eigenvalue weighted by Crippen LogP contribution is 2.26. The third kappa shape index (κ3) is 3.69. The van der Waals surface area contributed by atoms with Crippen LogP contribution in [0.5, 0.6) is 0 Å². The molecule has 0 spiro atoms. The first kappa shape index (κ1) is 19.8. The van der Waals surface area contributed by atoms with Crippen molar-refractivity contribution >= 4 is 26.7 Å². The first-order valence-electron chi connectivity index (χ1n) is 8.66. The predicted octanol–water partition coefficient (Wildman–Crippen LogP) is 2.60. The minimum atomic E-state index is -4.10. The molecule has 10 heteroatoms. The van der Waals surface area contributed by atoms with Gasteiger partial charge in [0.2, 0.25) is 10.0 Å². The fourth-order valence-electron chi connectivity index (χ4n) is 2.95. The molecule has 0 fully saturated rings. The molecule has 3 aromatic rings. The van der Waals surface area contributed by atoms with Gasteiger partial charge in [0.15, 0.2) is 10.5 Å². The maximum Gasteiger partial charge on any atom is 0.294 e. The van der Waals surface area contributed by atoms with E-state index in [-0.39, 0.29) is 35.7 Å². The van der Waals surface area contributed by atoms with Crippen molar-refractivity contribution in [3.63, 3.8) is 0 Å². The summed E-state index contributed by atoms with van der Waals surface area (Å²) in [6.07, 6.45) is 3.51. The molecule has 0 saturated heterocycles. The van der Waals surface area contributed by atoms with E-state index in [2.05, 4.69) is 0 Å². The third-order valence-corrected chi connectivity index (χ3v) is 6.27. The predicted molar refractivity (Wildman–Crippen MR) is 103 cm³/mol. The van der Waals surface area contributed by atoms with Gasteiger partial charge in [-0.05, 0) is 24.6 Å². The average molecular weight is 405 g/mol. The summed E-state index contributed by atoms with van der Waals surface area (Å²) in [4.78, 5) is 22.6. The topological polar surface area (TPSA) is 116 Å². The zero-order valence-electron chi connectivity index (χ0n) is 15.1. The fraction of sp³-hybridized carbons (Fsp3) is 0.278. The Balaban J connectivity index is 1.91. The average Bonchev–Trinajstić information content (AvgIpc) is 3.16. The van der Waals surface area contributed by atoms with E-state index in [9.17, 15) is 23.3 Å². The van der Waals surface area contributed by atoms with Crippen LogP contribution >= 0.6 is 0 Å². The fourth-order valence-corrected chi connectivity index (χ4v) is 4.64. The minimum Gasteiger partial charge on any atom is -0.459 e. The number of furan rings is 1. The maximum absolute atomic E-state index is 13.0. The Morgan fingerprint density at radius 2 is 1.93 bits per heavy atom. The molecule has 3 rings (SSSR count). The van der Waals surface area contributed by atoms with E-state index < -0.39 is 20.6 Å². The van der Waals surface area contributed by atoms with Crippen molar-refractivity contribution in [2.45, 2.75) is 24.8 Å². The lowest BCUT2D eigenvalue weighted by molar-refractivity contribution is -0.387. The Morgan fingerprint density at radius 3 is 2.64 bits per heavy atom. The van der Waals surface area contributed by atoms with E-state index >= 15 is 0 Å². The molecule has 0 aliphatic rings. The molecule has 0 aliphatic carbocycles. The number of nitro benzene ring substituents is 1. The van der Waals surface area contributed by atoms with Crippen molar-refractivity contribution in [2.75, 3.05) is 13.1 Å². The highest BCUT2D eigenvalue weighted by molar-refractivity contribution is 7.89. The molecule has 0 radical (unpaired) electrons. The Labute approximate surface area is 161 Å². The van der Waals surface area contributed by atoms with E-state index in [0.29, 0.717) is 11.8 Å². The van der Waals surface area contributed by atoms with Crippen molar-refractivity contribution < 1.29 is 17.8 Å². The molecule has 148 valence electrons. The van der Waals surface area contributed by atoms with E-state index in [1.165, 1.54) is 29.0 Å². The van der Waals surface area contributed by atoms with E-state index in [1.54, 1.807) is 18.3 Å². The second-order valence-electron chi connectivity index (χ2n) is 6.15. The normalized spacial score (nSPS) is 11.9. The molecule has 2 aromatic heterocycles. The van der Waals surface area contributed by atoms with Crippen LogP contribution in [0.2, 0.25) is 0 Å². The molecule has 9 nitrogen and oxygen atoms in total. The van der Waals surface area contributed by atoms with Gasteiger partial charge in [-0.1, -0.05) is 19.1 Å². The number of pyridine rings is 1. The number of fused-ring (bicyclic) bond motifs is 1. The zero-order chi connectivity index (χ0) is 20.3. The molecular weight excluding hydrogens is 386 g/mol. The van der Waals surface area contributed by atoms with Crippen LogP contribution in [-0.2, 0) is 16.6 Å². The van der Waals surface area contributed by atoms with Crippen LogP contribution in [0.3, 0.4) is 0 Å². The quantitative estimate of drug-likeness (QED) is 0.420. The number of para-hydroxylation sites is 1. The van der Waals surface area contributed by atoms with Crippen molar-refractivity contribution in [1.82, 2.24) is 8.87 Å². The molecule has 0 bridgehead atoms. The number of hydrogen-bond acceptors (Lipinski definition) is 6. The van der Waals surface area contributed by atoms with Gasteiger partial charge in [-0.25, -0.2) is 8.42 Å². The number of benzene rings is 1. The molecule has 1 aromatic carbocycles. The lowest BCUT2D eigenvalue weighted by Crippen LogP contribution is -2.36. The molecule has 0 saturated carbocycles. The van der Waals surface area contributed by atoms with Gasteiger partial charge in [-0.15, -0.1) is 0 Å². The second-order valence-corrected chi connectivity index (χ2v) is 8.05. The lowest BCUT2D eigenvalue weighted by Gasteiger charge is -2.22. The summed E-state index contributed by atoms with van der Waals surface area (Å²) < 4.78 is 33.8. The van der Waals surface area contributed by atoms with Crippen LogP contribution in [0.4, 0.5) is 5.69 Å². The number of rotatable bonds is 8. The Hall–Kier alpha value is -2.98. The lowest BCUT2D eigenvalue weighted by atomic mass is 10.3. The summed E-state index contributed by atoms with van der Waals surface area (Å²) in [6.45, 7) is 2.07. The molecule has 0 atom stereocenters. The monoisotopic (exact) mass is 405 g/mol. The SMILES string of the molecule is CCCN(CCn1ccc2ccoc2c1=O)S(=O)(=O)c1ccccc1[N+](=O)[O-]. The van der Waals surface area contributed by atoms with Crippen molar-refractivity contribution in [3.8, 4) is 0 Å². The molecular formula is C18H19N3O6S. The Kier molecular flexibility index (Phi) is 5.61. The maximum atomic E-state index is 13.0. The summed E-state index contributed by atoms with van der Waals surface area (Å²) in [5.74, 6) is 0. The molecule has 28 heavy (non-hydrogen) atoms. The van der Waals surface area contributed by atoms with Crippen molar-refractivity contribution in [2.24, 2.45) is 0 Å². The summed E-state index contributed by atoms with van der Waals surface area (Å²) in [7, 11) is -4.10. The van der Waals surface area contributed by atoms with E-state index in [4.69, 9.17) is 4.42 Å². The third-order valence-electron chi connectivity index (χ3n) is 4.33. The minimum absolute atomic E-state index is 0.00561. The molecule has 2 heterocycles. The second kappa shape index (κ2) is 7.95. The Bertz CT molecular complexity index is 1170. The molecule has 0 N–H and O–H groups in total. The van der Waals surface area contributed by atoms with Crippen LogP contribution in [0.1, 0.15) is 13.3 Å². The van der Waals surface area contributed by atoms with Crippen LogP contribution in [-0.4, -0.2) is 35.3 Å². The van der Waals surface area contributed by atoms with Gasteiger partial charge in [0.05, 0.1) is 11.2 Å². The molecule has 0 aliphatic heterocycles. The summed E-state index contributed by atoms with van der Waals surface area (Å²) >= 11 is 0. The van der Waals surface area contributed by atoms with Crippen molar-refractivity contribution in [1.29, 1.82) is 0 Å². The van der Waals surface area contributed by atoms with Gasteiger partial charge in [-0.2, -0.15) is 4.31 Å². The van der Waals surface area contributed by atoms with Crippen molar-refractivity contribution in [3.05, 3.63) is 69.3 Å². The number of sulfonamides is 1. The highest BCUT2D eigenvalue weighted by atomic mass is 32.2. The molecule has 0 unspecified atom stereocenters. The zero-order valence-corrected chi connectivity index (χ0v) is 16.0. The smallest absolute Gasteiger partial charge is 0.294 e. The van der Waals surface area contributed by atoms with Gasteiger partial charge in [0.25, 0.3) is 11.2 Å². The van der Waals surface area contributed by atoms with Crippen LogP contribution in [0.15, 0.2) is 63.0 Å². The Morgan fingerprint density at radius 1 is 1.18 bits per heavy atom. The van der Waals surface area contributed by atoms with Crippen LogP contribution < -0.4 is 5.56 Å². The first-order chi connectivity index (χ1) is 13.4. The first-order valence-corrected chi connectivity index (χ1v) is 10.1. The number of hydrogen-bond donors (Lipinski definition) is 0. The highest BCUT2D eigenvalue weighted by Gasteiger charge is 2.30. The number of nitro groups is 1. The largest absolute Gasteiger partial charge is 0.459 e. The molecule has 0 amide bonds.